The summed E-state index contributed by atoms with van der Waals surface area (Å²) in [6.45, 7) is 2.15. The van der Waals surface area contributed by atoms with E-state index in [1.54, 1.807) is 12.5 Å². The third kappa shape index (κ3) is 4.19. The van der Waals surface area contributed by atoms with Crippen LogP contribution >= 0.6 is 0 Å². The number of aliphatic carboxylic acids is 1. The molecule has 0 aliphatic heterocycles. The fourth-order valence-electron chi connectivity index (χ4n) is 1.96. The maximum Gasteiger partial charge on any atom is 0.321 e. The van der Waals surface area contributed by atoms with Crippen LogP contribution in [0.5, 0.6) is 0 Å². The SMILES string of the molecule is CCCCCCC(c1cnc[nH]1)[C@H](N)C(=O)O. The number of aromatic amines is 1. The van der Waals surface area contributed by atoms with Crippen molar-refractivity contribution >= 4 is 5.97 Å². The van der Waals surface area contributed by atoms with Gasteiger partial charge in [0.25, 0.3) is 0 Å². The highest BCUT2D eigenvalue weighted by atomic mass is 16.4. The lowest BCUT2D eigenvalue weighted by Crippen LogP contribution is -2.36. The third-order valence-corrected chi connectivity index (χ3v) is 3.01. The molecule has 0 amide bonds. The molecule has 96 valence electrons. The Kier molecular flexibility index (Phi) is 5.69. The summed E-state index contributed by atoms with van der Waals surface area (Å²) in [5.74, 6) is -1.13. The number of nitrogens with zero attached hydrogens (tertiary/aromatic N) is 1. The molecule has 1 unspecified atom stereocenters. The molecule has 17 heavy (non-hydrogen) atoms. The van der Waals surface area contributed by atoms with Gasteiger partial charge < -0.3 is 15.8 Å². The second kappa shape index (κ2) is 7.06. The average molecular weight is 239 g/mol. The molecule has 0 spiro atoms. The Bertz CT molecular complexity index is 325. The van der Waals surface area contributed by atoms with Crippen molar-refractivity contribution < 1.29 is 9.90 Å². The van der Waals surface area contributed by atoms with Crippen LogP contribution in [0.15, 0.2) is 12.5 Å². The van der Waals surface area contributed by atoms with Crippen molar-refractivity contribution in [3.63, 3.8) is 0 Å². The first-order valence-corrected chi connectivity index (χ1v) is 6.13. The second-order valence-corrected chi connectivity index (χ2v) is 4.33. The first-order valence-electron chi connectivity index (χ1n) is 6.13. The quantitative estimate of drug-likeness (QED) is 0.604. The van der Waals surface area contributed by atoms with Gasteiger partial charge in [0.15, 0.2) is 0 Å². The highest BCUT2D eigenvalue weighted by Crippen LogP contribution is 2.23. The maximum absolute atomic E-state index is 11.0. The molecule has 2 atom stereocenters. The van der Waals surface area contributed by atoms with Gasteiger partial charge in [0.05, 0.1) is 6.33 Å². The Labute approximate surface area is 101 Å². The van der Waals surface area contributed by atoms with E-state index in [9.17, 15) is 4.79 Å². The Morgan fingerprint density at radius 1 is 1.53 bits per heavy atom. The maximum atomic E-state index is 11.0. The number of nitrogens with one attached hydrogen (secondary N) is 1. The lowest BCUT2D eigenvalue weighted by atomic mass is 9.91. The molecule has 0 radical (unpaired) electrons. The largest absolute Gasteiger partial charge is 0.480 e. The molecular formula is C12H21N3O2. The normalized spacial score (nSPS) is 14.5. The van der Waals surface area contributed by atoms with Crippen LogP contribution in [0.3, 0.4) is 0 Å². The molecule has 0 aliphatic rings. The van der Waals surface area contributed by atoms with Gasteiger partial charge in [-0.1, -0.05) is 32.6 Å². The Hall–Kier alpha value is -1.36. The molecule has 5 nitrogen and oxygen atoms in total. The highest BCUT2D eigenvalue weighted by molar-refractivity contribution is 5.74. The molecule has 0 saturated carbocycles. The van der Waals surface area contributed by atoms with E-state index in [4.69, 9.17) is 10.8 Å². The van der Waals surface area contributed by atoms with E-state index in [0.29, 0.717) is 0 Å². The first-order chi connectivity index (χ1) is 8.16. The molecule has 0 aliphatic carbocycles. The summed E-state index contributed by atoms with van der Waals surface area (Å²) in [6.07, 6.45) is 8.47. The predicted octanol–water partition coefficient (Wildman–Crippen LogP) is 1.88. The zero-order valence-corrected chi connectivity index (χ0v) is 10.2. The van der Waals surface area contributed by atoms with Crippen LogP contribution in [0.25, 0.3) is 0 Å². The Balaban J connectivity index is 2.57. The highest BCUT2D eigenvalue weighted by Gasteiger charge is 2.26. The topological polar surface area (TPSA) is 92.0 Å². The van der Waals surface area contributed by atoms with E-state index in [1.807, 2.05) is 0 Å². The number of unbranched alkanes of at least 4 members (excludes halogenated alkanes) is 3. The minimum Gasteiger partial charge on any atom is -0.480 e. The van der Waals surface area contributed by atoms with Gasteiger partial charge in [0.1, 0.15) is 6.04 Å². The predicted molar refractivity (Wildman–Crippen MR) is 65.7 cm³/mol. The number of nitrogens with two attached hydrogens (primary N) is 1. The van der Waals surface area contributed by atoms with Gasteiger partial charge >= 0.3 is 5.97 Å². The van der Waals surface area contributed by atoms with Crippen molar-refractivity contribution in [3.05, 3.63) is 18.2 Å². The van der Waals surface area contributed by atoms with Gasteiger partial charge in [0, 0.05) is 17.8 Å². The van der Waals surface area contributed by atoms with Crippen LogP contribution in [0.1, 0.15) is 50.6 Å². The lowest BCUT2D eigenvalue weighted by Gasteiger charge is -2.19. The number of hydrogen-bond donors (Lipinski definition) is 3. The average Bonchev–Trinajstić information content (AvgIpc) is 2.81. The monoisotopic (exact) mass is 239 g/mol. The van der Waals surface area contributed by atoms with E-state index in [2.05, 4.69) is 16.9 Å². The molecular weight excluding hydrogens is 218 g/mol. The number of hydrogen-bond acceptors (Lipinski definition) is 3. The summed E-state index contributed by atoms with van der Waals surface area (Å²) in [4.78, 5) is 17.9. The van der Waals surface area contributed by atoms with Crippen molar-refractivity contribution in [1.29, 1.82) is 0 Å². The van der Waals surface area contributed by atoms with E-state index in [0.717, 1.165) is 25.0 Å². The third-order valence-electron chi connectivity index (χ3n) is 3.01. The van der Waals surface area contributed by atoms with Crippen molar-refractivity contribution in [2.45, 2.75) is 51.0 Å². The molecule has 1 heterocycles. The zero-order valence-electron chi connectivity index (χ0n) is 10.2. The van der Waals surface area contributed by atoms with Crippen molar-refractivity contribution in [3.8, 4) is 0 Å². The number of carboxylic acid groups (broad SMARTS) is 1. The molecule has 1 rings (SSSR count). The van der Waals surface area contributed by atoms with Crippen LogP contribution < -0.4 is 5.73 Å². The van der Waals surface area contributed by atoms with Crippen molar-refractivity contribution in [2.75, 3.05) is 0 Å². The fraction of sp³-hybridized carbons (Fsp3) is 0.667. The summed E-state index contributed by atoms with van der Waals surface area (Å²) in [5, 5.41) is 8.99. The molecule has 4 N–H and O–H groups in total. The number of rotatable bonds is 8. The Morgan fingerprint density at radius 3 is 2.82 bits per heavy atom. The summed E-state index contributed by atoms with van der Waals surface area (Å²) >= 11 is 0. The fourth-order valence-corrected chi connectivity index (χ4v) is 1.96. The van der Waals surface area contributed by atoms with Crippen LogP contribution in [0.4, 0.5) is 0 Å². The molecule has 1 aromatic heterocycles. The number of aromatic nitrogens is 2. The van der Waals surface area contributed by atoms with Gasteiger partial charge in [-0.05, 0) is 6.42 Å². The van der Waals surface area contributed by atoms with Gasteiger partial charge in [-0.15, -0.1) is 0 Å². The number of carbonyl (C=O) groups is 1. The number of H-pyrrole nitrogens is 1. The summed E-state index contributed by atoms with van der Waals surface area (Å²) in [7, 11) is 0. The first kappa shape index (κ1) is 13.7. The molecule has 5 heteroatoms. The van der Waals surface area contributed by atoms with E-state index in [1.165, 1.54) is 12.8 Å². The van der Waals surface area contributed by atoms with Gasteiger partial charge in [-0.25, -0.2) is 4.98 Å². The zero-order chi connectivity index (χ0) is 12.7. The molecule has 1 aromatic rings. The van der Waals surface area contributed by atoms with E-state index >= 15 is 0 Å². The number of carboxylic acids is 1. The van der Waals surface area contributed by atoms with Crippen molar-refractivity contribution in [2.24, 2.45) is 5.73 Å². The minimum absolute atomic E-state index is 0.174. The Morgan fingerprint density at radius 2 is 2.29 bits per heavy atom. The van der Waals surface area contributed by atoms with E-state index < -0.39 is 12.0 Å². The van der Waals surface area contributed by atoms with E-state index in [-0.39, 0.29) is 5.92 Å². The van der Waals surface area contributed by atoms with Crippen LogP contribution in [0.2, 0.25) is 0 Å². The lowest BCUT2D eigenvalue weighted by molar-refractivity contribution is -0.139. The minimum atomic E-state index is -0.958. The van der Waals surface area contributed by atoms with Crippen LogP contribution in [-0.2, 0) is 4.79 Å². The second-order valence-electron chi connectivity index (χ2n) is 4.33. The van der Waals surface area contributed by atoms with Gasteiger partial charge in [-0.2, -0.15) is 0 Å². The van der Waals surface area contributed by atoms with Gasteiger partial charge in [-0.3, -0.25) is 4.79 Å². The standard InChI is InChI=1S/C12H21N3O2/c1-2-3-4-5-6-9(11(13)12(16)17)10-7-14-8-15-10/h7-9,11H,2-6,13H2,1H3,(H,14,15)(H,16,17)/t9?,11-/m0/s1. The van der Waals surface area contributed by atoms with Crippen LogP contribution in [-0.4, -0.2) is 27.1 Å². The summed E-state index contributed by atoms with van der Waals surface area (Å²) < 4.78 is 0. The van der Waals surface area contributed by atoms with Crippen molar-refractivity contribution in [1.82, 2.24) is 9.97 Å². The smallest absolute Gasteiger partial charge is 0.321 e. The number of imidazole rings is 1. The van der Waals surface area contributed by atoms with Crippen LogP contribution in [0, 0.1) is 0 Å². The molecule has 0 fully saturated rings. The molecule has 0 bridgehead atoms. The summed E-state index contributed by atoms with van der Waals surface area (Å²) in [5.41, 5.74) is 6.54. The molecule has 0 aromatic carbocycles. The molecule has 0 saturated heterocycles. The summed E-state index contributed by atoms with van der Waals surface area (Å²) in [6, 6.07) is -0.864. The van der Waals surface area contributed by atoms with Gasteiger partial charge in [0.2, 0.25) is 0 Å².